The Morgan fingerprint density at radius 1 is 1.29 bits per heavy atom. The summed E-state index contributed by atoms with van der Waals surface area (Å²) in [6.45, 7) is 2.03. The van der Waals surface area contributed by atoms with Gasteiger partial charge in [0.1, 0.15) is 11.3 Å². The van der Waals surface area contributed by atoms with Crippen molar-refractivity contribution >= 4 is 38.6 Å². The molecule has 3 aromatic rings. The largest absolute Gasteiger partial charge is 0.295 e. The van der Waals surface area contributed by atoms with Gasteiger partial charge in [-0.2, -0.15) is 0 Å². The molecule has 0 unspecified atom stereocenters. The van der Waals surface area contributed by atoms with Crippen molar-refractivity contribution in [3.05, 3.63) is 58.1 Å². The molecule has 1 heterocycles. The molecule has 2 nitrogen and oxygen atoms in total. The molecule has 2 aromatic carbocycles. The summed E-state index contributed by atoms with van der Waals surface area (Å²) < 4.78 is 16.9. The Kier molecular flexibility index (Phi) is 4.00. The Morgan fingerprint density at radius 3 is 2.81 bits per heavy atom. The van der Waals surface area contributed by atoms with Crippen molar-refractivity contribution in [2.24, 2.45) is 0 Å². The molecule has 0 aliphatic rings. The zero-order valence-electron chi connectivity index (χ0n) is 11.4. The number of aromatic nitrogens is 2. The second-order valence-electron chi connectivity index (χ2n) is 4.86. The normalized spacial score (nSPS) is 11.2. The second-order valence-corrected chi connectivity index (χ2v) is 6.10. The SMILES string of the molecule is Cc1ccc(-n2c(CCCl)nc3c(F)cccc32)c(Br)c1. The number of hydrogen-bond acceptors (Lipinski definition) is 1. The molecule has 0 amide bonds. The fraction of sp³-hybridized carbons (Fsp3) is 0.188. The quantitative estimate of drug-likeness (QED) is 0.595. The minimum Gasteiger partial charge on any atom is -0.295 e. The van der Waals surface area contributed by atoms with Gasteiger partial charge in [-0.3, -0.25) is 4.57 Å². The van der Waals surface area contributed by atoms with Crippen molar-refractivity contribution in [1.82, 2.24) is 9.55 Å². The number of aryl methyl sites for hydroxylation is 2. The van der Waals surface area contributed by atoms with Crippen molar-refractivity contribution in [1.29, 1.82) is 0 Å². The molecule has 0 spiro atoms. The lowest BCUT2D eigenvalue weighted by Crippen LogP contribution is -2.03. The third kappa shape index (κ3) is 2.58. The molecule has 0 saturated carbocycles. The summed E-state index contributed by atoms with van der Waals surface area (Å²) in [5.74, 6) is 0.883. The van der Waals surface area contributed by atoms with E-state index in [1.165, 1.54) is 6.07 Å². The van der Waals surface area contributed by atoms with Crippen LogP contribution in [0.3, 0.4) is 0 Å². The maximum atomic E-state index is 14.0. The molecule has 1 aromatic heterocycles. The van der Waals surface area contributed by atoms with Crippen molar-refractivity contribution in [3.8, 4) is 5.69 Å². The number of fused-ring (bicyclic) bond motifs is 1. The van der Waals surface area contributed by atoms with Crippen molar-refractivity contribution in [2.75, 3.05) is 5.88 Å². The van der Waals surface area contributed by atoms with Gasteiger partial charge < -0.3 is 0 Å². The van der Waals surface area contributed by atoms with Gasteiger partial charge in [-0.25, -0.2) is 9.37 Å². The Bertz CT molecular complexity index is 813. The van der Waals surface area contributed by atoms with E-state index in [0.29, 0.717) is 17.8 Å². The highest BCUT2D eigenvalue weighted by molar-refractivity contribution is 9.10. The van der Waals surface area contributed by atoms with Gasteiger partial charge in [-0.1, -0.05) is 12.1 Å². The highest BCUT2D eigenvalue weighted by Gasteiger charge is 2.16. The van der Waals surface area contributed by atoms with E-state index < -0.39 is 0 Å². The number of rotatable bonds is 3. The van der Waals surface area contributed by atoms with Gasteiger partial charge in [0, 0.05) is 16.8 Å². The van der Waals surface area contributed by atoms with Crippen molar-refractivity contribution in [3.63, 3.8) is 0 Å². The van der Waals surface area contributed by atoms with E-state index >= 15 is 0 Å². The van der Waals surface area contributed by atoms with Crippen LogP contribution in [0.15, 0.2) is 40.9 Å². The van der Waals surface area contributed by atoms with E-state index in [0.717, 1.165) is 27.1 Å². The van der Waals surface area contributed by atoms with E-state index in [1.54, 1.807) is 6.07 Å². The number of imidazole rings is 1. The molecule has 5 heteroatoms. The predicted octanol–water partition coefficient (Wildman–Crippen LogP) is 5.02. The number of nitrogens with zero attached hydrogens (tertiary/aromatic N) is 2. The van der Waals surface area contributed by atoms with Crippen molar-refractivity contribution in [2.45, 2.75) is 13.3 Å². The maximum absolute atomic E-state index is 14.0. The highest BCUT2D eigenvalue weighted by atomic mass is 79.9. The number of para-hydroxylation sites is 1. The lowest BCUT2D eigenvalue weighted by Gasteiger charge is -2.11. The van der Waals surface area contributed by atoms with Crippen LogP contribution in [-0.2, 0) is 6.42 Å². The molecule has 0 aliphatic carbocycles. The maximum Gasteiger partial charge on any atom is 0.151 e. The summed E-state index contributed by atoms with van der Waals surface area (Å²) in [4.78, 5) is 4.42. The van der Waals surface area contributed by atoms with Crippen LogP contribution in [0, 0.1) is 12.7 Å². The molecule has 3 rings (SSSR count). The Balaban J connectivity index is 2.33. The first-order valence-electron chi connectivity index (χ1n) is 6.60. The number of benzene rings is 2. The highest BCUT2D eigenvalue weighted by Crippen LogP contribution is 2.29. The van der Waals surface area contributed by atoms with Gasteiger partial charge in [0.2, 0.25) is 0 Å². The zero-order valence-corrected chi connectivity index (χ0v) is 13.7. The number of halogens is 3. The molecular weight excluding hydrogens is 355 g/mol. The molecule has 0 aliphatic heterocycles. The van der Waals surface area contributed by atoms with Gasteiger partial charge in [0.15, 0.2) is 5.82 Å². The fourth-order valence-corrected chi connectivity index (χ4v) is 3.27. The fourth-order valence-electron chi connectivity index (χ4n) is 2.43. The molecule has 0 bridgehead atoms. The summed E-state index contributed by atoms with van der Waals surface area (Å²) >= 11 is 9.45. The van der Waals surface area contributed by atoms with Crippen LogP contribution in [0.2, 0.25) is 0 Å². The van der Waals surface area contributed by atoms with Crippen LogP contribution in [-0.4, -0.2) is 15.4 Å². The molecule has 21 heavy (non-hydrogen) atoms. The molecule has 0 radical (unpaired) electrons. The Morgan fingerprint density at radius 2 is 2.10 bits per heavy atom. The van der Waals surface area contributed by atoms with Crippen LogP contribution >= 0.6 is 27.5 Å². The minimum atomic E-state index is -0.315. The summed E-state index contributed by atoms with van der Waals surface area (Å²) in [6.07, 6.45) is 0.579. The molecule has 108 valence electrons. The number of hydrogen-bond donors (Lipinski definition) is 0. The lowest BCUT2D eigenvalue weighted by molar-refractivity contribution is 0.637. The third-order valence-corrected chi connectivity index (χ3v) is 4.19. The molecule has 0 fully saturated rings. The Labute approximate surface area is 135 Å². The van der Waals surface area contributed by atoms with Crippen molar-refractivity contribution < 1.29 is 4.39 Å². The first-order chi connectivity index (χ1) is 10.1. The summed E-state index contributed by atoms with van der Waals surface area (Å²) in [7, 11) is 0. The summed E-state index contributed by atoms with van der Waals surface area (Å²) in [5.41, 5.74) is 3.22. The van der Waals surface area contributed by atoms with Gasteiger partial charge in [-0.05, 0) is 52.7 Å². The molecule has 0 saturated heterocycles. The zero-order chi connectivity index (χ0) is 15.0. The summed E-state index contributed by atoms with van der Waals surface area (Å²) in [5, 5.41) is 0. The molecular formula is C16H13BrClFN2. The average Bonchev–Trinajstić information content (AvgIpc) is 2.79. The van der Waals surface area contributed by atoms with Crippen LogP contribution in [0.5, 0.6) is 0 Å². The molecule has 0 atom stereocenters. The van der Waals surface area contributed by atoms with E-state index in [9.17, 15) is 4.39 Å². The van der Waals surface area contributed by atoms with Crippen LogP contribution in [0.4, 0.5) is 4.39 Å². The average molecular weight is 368 g/mol. The van der Waals surface area contributed by atoms with E-state index in [1.807, 2.05) is 35.8 Å². The van der Waals surface area contributed by atoms with Crippen LogP contribution in [0.1, 0.15) is 11.4 Å². The third-order valence-electron chi connectivity index (χ3n) is 3.37. The standard InChI is InChI=1S/C16H13BrClFN2/c1-10-5-6-13(11(17)9-10)21-14-4-2-3-12(19)16(14)20-15(21)7-8-18/h2-6,9H,7-8H2,1H3. The van der Waals surface area contributed by atoms with E-state index in [4.69, 9.17) is 11.6 Å². The number of alkyl halides is 1. The van der Waals surface area contributed by atoms with Gasteiger partial charge in [0.05, 0.1) is 11.2 Å². The first kappa shape index (κ1) is 14.5. The first-order valence-corrected chi connectivity index (χ1v) is 7.93. The molecule has 0 N–H and O–H groups in total. The van der Waals surface area contributed by atoms with Gasteiger partial charge in [0.25, 0.3) is 0 Å². The smallest absolute Gasteiger partial charge is 0.151 e. The van der Waals surface area contributed by atoms with Crippen LogP contribution in [0.25, 0.3) is 16.7 Å². The second kappa shape index (κ2) is 5.78. The monoisotopic (exact) mass is 366 g/mol. The Hall–Kier alpha value is -1.39. The van der Waals surface area contributed by atoms with Crippen LogP contribution < -0.4 is 0 Å². The van der Waals surface area contributed by atoms with Gasteiger partial charge >= 0.3 is 0 Å². The van der Waals surface area contributed by atoms with Gasteiger partial charge in [-0.15, -0.1) is 11.6 Å². The summed E-state index contributed by atoms with van der Waals surface area (Å²) in [6, 6.07) is 11.1. The topological polar surface area (TPSA) is 17.8 Å². The van der Waals surface area contributed by atoms with E-state index in [2.05, 4.69) is 20.9 Å². The van der Waals surface area contributed by atoms with E-state index in [-0.39, 0.29) is 5.82 Å². The lowest BCUT2D eigenvalue weighted by atomic mass is 10.2. The predicted molar refractivity (Wildman–Crippen MR) is 87.9 cm³/mol. The minimum absolute atomic E-state index is 0.315.